The molecule has 3 aromatic rings. The average molecular weight is 382 g/mol. The maximum Gasteiger partial charge on any atom is 0.337 e. The van der Waals surface area contributed by atoms with Gasteiger partial charge in [0.2, 0.25) is 5.88 Å². The van der Waals surface area contributed by atoms with Crippen molar-refractivity contribution < 1.29 is 23.0 Å². The molecular formula is C21H16F2N2O3. The van der Waals surface area contributed by atoms with Gasteiger partial charge in [0.25, 0.3) is 0 Å². The van der Waals surface area contributed by atoms with Crippen molar-refractivity contribution in [1.82, 2.24) is 9.97 Å². The lowest BCUT2D eigenvalue weighted by atomic mass is 10.1. The summed E-state index contributed by atoms with van der Waals surface area (Å²) in [5, 5.41) is 0. The molecule has 1 aliphatic rings. The van der Waals surface area contributed by atoms with Gasteiger partial charge in [-0.25, -0.2) is 18.6 Å². The van der Waals surface area contributed by atoms with Gasteiger partial charge in [-0.2, -0.15) is 4.98 Å². The molecule has 0 radical (unpaired) electrons. The first-order valence-corrected chi connectivity index (χ1v) is 8.76. The molecular weight excluding hydrogens is 366 g/mol. The monoisotopic (exact) mass is 382 g/mol. The number of aromatic nitrogens is 2. The van der Waals surface area contributed by atoms with Crippen LogP contribution in [-0.2, 0) is 17.6 Å². The molecule has 0 amide bonds. The summed E-state index contributed by atoms with van der Waals surface area (Å²) >= 11 is 0. The van der Waals surface area contributed by atoms with Gasteiger partial charge in [-0.3, -0.25) is 0 Å². The van der Waals surface area contributed by atoms with Gasteiger partial charge in [0, 0.05) is 11.1 Å². The number of ether oxygens (including phenoxy) is 2. The van der Waals surface area contributed by atoms with Crippen molar-refractivity contribution in [2.24, 2.45) is 0 Å². The molecule has 0 spiro atoms. The van der Waals surface area contributed by atoms with E-state index < -0.39 is 17.6 Å². The van der Waals surface area contributed by atoms with Crippen LogP contribution in [0.25, 0.3) is 11.4 Å². The van der Waals surface area contributed by atoms with Crippen molar-refractivity contribution in [1.29, 1.82) is 0 Å². The lowest BCUT2D eigenvalue weighted by Gasteiger charge is -2.12. The molecule has 5 nitrogen and oxygen atoms in total. The minimum Gasteiger partial charge on any atom is -0.465 e. The maximum atomic E-state index is 13.6. The van der Waals surface area contributed by atoms with Crippen LogP contribution >= 0.6 is 0 Å². The van der Waals surface area contributed by atoms with Crippen LogP contribution in [0.2, 0.25) is 0 Å². The minimum absolute atomic E-state index is 0.278. The van der Waals surface area contributed by atoms with Crippen LogP contribution < -0.4 is 4.74 Å². The van der Waals surface area contributed by atoms with E-state index in [0.717, 1.165) is 42.7 Å². The number of nitrogens with zero attached hydrogens (tertiary/aromatic N) is 2. The highest BCUT2D eigenvalue weighted by atomic mass is 19.2. The van der Waals surface area contributed by atoms with Crippen LogP contribution in [0, 0.1) is 11.6 Å². The third-order valence-corrected chi connectivity index (χ3v) is 4.56. The Labute approximate surface area is 160 Å². The predicted octanol–water partition coefficient (Wildman–Crippen LogP) is 4.49. The van der Waals surface area contributed by atoms with Gasteiger partial charge in [-0.15, -0.1) is 0 Å². The van der Waals surface area contributed by atoms with Crippen LogP contribution in [0.1, 0.15) is 28.0 Å². The van der Waals surface area contributed by atoms with Crippen molar-refractivity contribution in [2.75, 3.05) is 7.11 Å². The molecule has 142 valence electrons. The highest BCUT2D eigenvalue weighted by Crippen LogP contribution is 2.33. The lowest BCUT2D eigenvalue weighted by Crippen LogP contribution is -2.02. The van der Waals surface area contributed by atoms with Crippen molar-refractivity contribution in [3.05, 3.63) is 70.9 Å². The van der Waals surface area contributed by atoms with E-state index in [1.54, 1.807) is 24.3 Å². The Bertz CT molecular complexity index is 1050. The van der Waals surface area contributed by atoms with Gasteiger partial charge < -0.3 is 9.47 Å². The Kier molecular flexibility index (Phi) is 4.73. The van der Waals surface area contributed by atoms with E-state index in [2.05, 4.69) is 14.7 Å². The molecule has 0 aliphatic heterocycles. The molecule has 28 heavy (non-hydrogen) atoms. The fourth-order valence-corrected chi connectivity index (χ4v) is 3.14. The molecule has 4 rings (SSSR count). The Morgan fingerprint density at radius 3 is 2.50 bits per heavy atom. The molecule has 7 heteroatoms. The molecule has 0 atom stereocenters. The van der Waals surface area contributed by atoms with Gasteiger partial charge in [-0.1, -0.05) is 0 Å². The van der Waals surface area contributed by atoms with Crippen molar-refractivity contribution in [2.45, 2.75) is 19.3 Å². The maximum absolute atomic E-state index is 13.6. The van der Waals surface area contributed by atoms with E-state index in [0.29, 0.717) is 22.8 Å². The first-order chi connectivity index (χ1) is 13.5. The normalized spacial score (nSPS) is 12.5. The molecule has 1 aliphatic carbocycles. The van der Waals surface area contributed by atoms with Crippen LogP contribution in [0.15, 0.2) is 42.5 Å². The number of carbonyl (C=O) groups excluding carboxylic acids is 1. The molecule has 0 saturated carbocycles. The van der Waals surface area contributed by atoms with E-state index >= 15 is 0 Å². The first kappa shape index (κ1) is 18.0. The Morgan fingerprint density at radius 1 is 1.00 bits per heavy atom. The highest BCUT2D eigenvalue weighted by molar-refractivity contribution is 5.89. The number of aryl methyl sites for hydroxylation is 1. The Morgan fingerprint density at radius 2 is 1.79 bits per heavy atom. The number of hydrogen-bond donors (Lipinski definition) is 0. The topological polar surface area (TPSA) is 61.3 Å². The zero-order valence-corrected chi connectivity index (χ0v) is 15.0. The largest absolute Gasteiger partial charge is 0.465 e. The smallest absolute Gasteiger partial charge is 0.337 e. The van der Waals surface area contributed by atoms with Crippen molar-refractivity contribution in [3.8, 4) is 23.0 Å². The summed E-state index contributed by atoms with van der Waals surface area (Å²) < 4.78 is 37.5. The van der Waals surface area contributed by atoms with Crippen molar-refractivity contribution >= 4 is 5.97 Å². The van der Waals surface area contributed by atoms with Crippen LogP contribution in [0.5, 0.6) is 11.6 Å². The number of esters is 1. The summed E-state index contributed by atoms with van der Waals surface area (Å²) in [5.41, 5.74) is 2.53. The molecule has 1 aromatic heterocycles. The SMILES string of the molecule is COC(=O)c1ccc(Oc2nc(-c3ccc(F)c(F)c3)nc3c2CCC3)cc1. The highest BCUT2D eigenvalue weighted by Gasteiger charge is 2.22. The fourth-order valence-electron chi connectivity index (χ4n) is 3.14. The summed E-state index contributed by atoms with van der Waals surface area (Å²) in [7, 11) is 1.32. The van der Waals surface area contributed by atoms with Crippen LogP contribution in [-0.4, -0.2) is 23.0 Å². The van der Waals surface area contributed by atoms with Gasteiger partial charge in [0.15, 0.2) is 17.5 Å². The van der Waals surface area contributed by atoms with E-state index in [1.807, 2.05) is 0 Å². The minimum atomic E-state index is -0.956. The number of hydrogen-bond acceptors (Lipinski definition) is 5. The molecule has 0 fully saturated rings. The van der Waals surface area contributed by atoms with E-state index in [-0.39, 0.29) is 5.82 Å². The fraction of sp³-hybridized carbons (Fsp3) is 0.190. The molecule has 1 heterocycles. The number of carbonyl (C=O) groups is 1. The van der Waals surface area contributed by atoms with Gasteiger partial charge in [-0.05, 0) is 61.7 Å². The molecule has 2 aromatic carbocycles. The Balaban J connectivity index is 1.69. The van der Waals surface area contributed by atoms with Crippen molar-refractivity contribution in [3.63, 3.8) is 0 Å². The first-order valence-electron chi connectivity index (χ1n) is 8.76. The third-order valence-electron chi connectivity index (χ3n) is 4.56. The molecule has 0 unspecified atom stereocenters. The summed E-state index contributed by atoms with van der Waals surface area (Å²) in [4.78, 5) is 20.5. The quantitative estimate of drug-likeness (QED) is 0.622. The third kappa shape index (κ3) is 3.43. The molecule has 0 saturated heterocycles. The summed E-state index contributed by atoms with van der Waals surface area (Å²) in [5.74, 6) is -1.16. The standard InChI is InChI=1S/C21H16F2N2O3/c1-27-21(26)12-5-8-14(9-6-12)28-20-15-3-2-4-18(15)24-19(25-20)13-7-10-16(22)17(23)11-13/h5-11H,2-4H2,1H3. The van der Waals surface area contributed by atoms with Crippen LogP contribution in [0.4, 0.5) is 8.78 Å². The summed E-state index contributed by atoms with van der Waals surface area (Å²) in [6, 6.07) is 10.0. The second-order valence-electron chi connectivity index (χ2n) is 6.38. The zero-order valence-electron chi connectivity index (χ0n) is 15.0. The summed E-state index contributed by atoms with van der Waals surface area (Å²) in [6.45, 7) is 0. The number of benzene rings is 2. The summed E-state index contributed by atoms with van der Waals surface area (Å²) in [6.07, 6.45) is 2.47. The van der Waals surface area contributed by atoms with Gasteiger partial charge in [0.1, 0.15) is 5.75 Å². The molecule has 0 N–H and O–H groups in total. The Hall–Kier alpha value is -3.35. The number of fused-ring (bicyclic) bond motifs is 1. The van der Waals surface area contributed by atoms with E-state index in [1.165, 1.54) is 13.2 Å². The van der Waals surface area contributed by atoms with E-state index in [9.17, 15) is 13.6 Å². The second kappa shape index (κ2) is 7.34. The zero-order chi connectivity index (χ0) is 19.7. The number of rotatable bonds is 4. The van der Waals surface area contributed by atoms with Crippen LogP contribution in [0.3, 0.4) is 0 Å². The lowest BCUT2D eigenvalue weighted by molar-refractivity contribution is 0.0600. The number of halogens is 2. The van der Waals surface area contributed by atoms with Gasteiger partial charge in [0.05, 0.1) is 18.4 Å². The molecule has 0 bridgehead atoms. The second-order valence-corrected chi connectivity index (χ2v) is 6.38. The van der Waals surface area contributed by atoms with E-state index in [4.69, 9.17) is 4.74 Å². The van der Waals surface area contributed by atoms with Gasteiger partial charge >= 0.3 is 5.97 Å². The predicted molar refractivity (Wildman–Crippen MR) is 97.3 cm³/mol. The number of methoxy groups -OCH3 is 1. The average Bonchev–Trinajstić information content (AvgIpc) is 3.19.